The molecular formula is C19H23N3O2. The summed E-state index contributed by atoms with van der Waals surface area (Å²) in [6.45, 7) is 4.96. The maximum absolute atomic E-state index is 12.5. The van der Waals surface area contributed by atoms with Crippen molar-refractivity contribution < 1.29 is 9.90 Å². The fraction of sp³-hybridized carbons (Fsp3) is 0.368. The Balaban J connectivity index is 1.78. The summed E-state index contributed by atoms with van der Waals surface area (Å²) in [6, 6.07) is 11.7. The van der Waals surface area contributed by atoms with E-state index in [2.05, 4.69) is 10.3 Å². The summed E-state index contributed by atoms with van der Waals surface area (Å²) in [5.74, 6) is 0.300. The Kier molecular flexibility index (Phi) is 4.81. The third kappa shape index (κ3) is 3.74. The average Bonchev–Trinajstić information content (AvgIpc) is 2.56. The largest absolute Gasteiger partial charge is 0.391 e. The van der Waals surface area contributed by atoms with Crippen molar-refractivity contribution in [3.8, 4) is 11.1 Å². The minimum Gasteiger partial charge on any atom is -0.391 e. The molecule has 2 atom stereocenters. The van der Waals surface area contributed by atoms with Gasteiger partial charge in [-0.25, -0.2) is 4.79 Å². The quantitative estimate of drug-likeness (QED) is 0.890. The Morgan fingerprint density at radius 1 is 1.25 bits per heavy atom. The SMILES string of the molecule is Cc1ncc(-c2ccccc2)cc1NC(=O)N1C[C@H](C)C[C@H](O)C1. The van der Waals surface area contributed by atoms with Crippen LogP contribution in [-0.2, 0) is 0 Å². The lowest BCUT2D eigenvalue weighted by Gasteiger charge is -2.34. The number of nitrogens with zero attached hydrogens (tertiary/aromatic N) is 2. The number of likely N-dealkylation sites (tertiary alicyclic amines) is 1. The van der Waals surface area contributed by atoms with E-state index in [1.165, 1.54) is 0 Å². The van der Waals surface area contributed by atoms with Gasteiger partial charge in [-0.15, -0.1) is 0 Å². The van der Waals surface area contributed by atoms with E-state index in [4.69, 9.17) is 0 Å². The van der Waals surface area contributed by atoms with Gasteiger partial charge < -0.3 is 15.3 Å². The van der Waals surface area contributed by atoms with Gasteiger partial charge in [-0.3, -0.25) is 4.98 Å². The summed E-state index contributed by atoms with van der Waals surface area (Å²) in [7, 11) is 0. The minimum absolute atomic E-state index is 0.185. The molecule has 2 aromatic rings. The number of β-amino-alcohol motifs (C(OH)–C–C–N with tert-alkyl or cyclic N) is 1. The molecule has 3 rings (SSSR count). The first kappa shape index (κ1) is 16.5. The molecule has 0 spiro atoms. The van der Waals surface area contributed by atoms with Gasteiger partial charge in [-0.2, -0.15) is 0 Å². The van der Waals surface area contributed by atoms with Crippen LogP contribution in [0.15, 0.2) is 42.6 Å². The number of hydrogen-bond acceptors (Lipinski definition) is 3. The Morgan fingerprint density at radius 2 is 2.00 bits per heavy atom. The fourth-order valence-corrected chi connectivity index (χ4v) is 3.13. The molecule has 126 valence electrons. The van der Waals surface area contributed by atoms with Gasteiger partial charge in [0.15, 0.2) is 0 Å². The number of hydrogen-bond donors (Lipinski definition) is 2. The van der Waals surface area contributed by atoms with Crippen molar-refractivity contribution in [3.05, 3.63) is 48.3 Å². The van der Waals surface area contributed by atoms with Crippen LogP contribution in [0.2, 0.25) is 0 Å². The molecule has 1 aromatic carbocycles. The number of anilines is 1. The van der Waals surface area contributed by atoms with Crippen molar-refractivity contribution in [3.63, 3.8) is 0 Å². The first-order valence-corrected chi connectivity index (χ1v) is 8.29. The second kappa shape index (κ2) is 7.01. The molecule has 1 aromatic heterocycles. The van der Waals surface area contributed by atoms with Gasteiger partial charge in [0.25, 0.3) is 0 Å². The van der Waals surface area contributed by atoms with Gasteiger partial charge in [0.1, 0.15) is 0 Å². The third-order valence-corrected chi connectivity index (χ3v) is 4.36. The van der Waals surface area contributed by atoms with Crippen LogP contribution in [0, 0.1) is 12.8 Å². The number of nitrogens with one attached hydrogen (secondary N) is 1. The fourth-order valence-electron chi connectivity index (χ4n) is 3.13. The molecule has 5 nitrogen and oxygen atoms in total. The molecule has 1 aliphatic rings. The third-order valence-electron chi connectivity index (χ3n) is 4.36. The van der Waals surface area contributed by atoms with Crippen molar-refractivity contribution >= 4 is 11.7 Å². The molecule has 24 heavy (non-hydrogen) atoms. The van der Waals surface area contributed by atoms with E-state index in [-0.39, 0.29) is 6.03 Å². The summed E-state index contributed by atoms with van der Waals surface area (Å²) in [6.07, 6.45) is 2.11. The zero-order chi connectivity index (χ0) is 17.1. The number of aliphatic hydroxyl groups excluding tert-OH is 1. The van der Waals surface area contributed by atoms with E-state index in [1.807, 2.05) is 56.4 Å². The maximum atomic E-state index is 12.5. The van der Waals surface area contributed by atoms with Crippen LogP contribution in [0.25, 0.3) is 11.1 Å². The number of carbonyl (C=O) groups excluding carboxylic acids is 1. The summed E-state index contributed by atoms with van der Waals surface area (Å²) >= 11 is 0. The lowest BCUT2D eigenvalue weighted by molar-refractivity contribution is 0.0640. The summed E-state index contributed by atoms with van der Waals surface area (Å²) < 4.78 is 0. The molecule has 1 saturated heterocycles. The average molecular weight is 325 g/mol. The second-order valence-electron chi connectivity index (χ2n) is 6.55. The highest BCUT2D eigenvalue weighted by atomic mass is 16.3. The number of aromatic nitrogens is 1. The highest BCUT2D eigenvalue weighted by Gasteiger charge is 2.26. The number of aliphatic hydroxyl groups is 1. The molecule has 0 bridgehead atoms. The molecule has 2 N–H and O–H groups in total. The van der Waals surface area contributed by atoms with Gasteiger partial charge in [0.2, 0.25) is 0 Å². The predicted octanol–water partition coefficient (Wildman–Crippen LogP) is 3.29. The molecule has 5 heteroatoms. The topological polar surface area (TPSA) is 65.5 Å². The van der Waals surface area contributed by atoms with E-state index in [0.717, 1.165) is 23.2 Å². The number of pyridine rings is 1. The number of carbonyl (C=O) groups is 1. The molecule has 2 amide bonds. The van der Waals surface area contributed by atoms with Crippen LogP contribution in [0.5, 0.6) is 0 Å². The maximum Gasteiger partial charge on any atom is 0.321 e. The van der Waals surface area contributed by atoms with E-state index in [0.29, 0.717) is 24.7 Å². The molecule has 0 aliphatic carbocycles. The lowest BCUT2D eigenvalue weighted by Crippen LogP contribution is -2.47. The number of urea groups is 1. The second-order valence-corrected chi connectivity index (χ2v) is 6.55. The van der Waals surface area contributed by atoms with Gasteiger partial charge in [0.05, 0.1) is 17.5 Å². The Labute approximate surface area is 142 Å². The Morgan fingerprint density at radius 3 is 2.71 bits per heavy atom. The highest BCUT2D eigenvalue weighted by Crippen LogP contribution is 2.24. The van der Waals surface area contributed by atoms with E-state index < -0.39 is 6.10 Å². The number of amides is 2. The zero-order valence-electron chi connectivity index (χ0n) is 14.1. The van der Waals surface area contributed by atoms with Crippen LogP contribution in [0.4, 0.5) is 10.5 Å². The molecule has 2 heterocycles. The number of benzene rings is 1. The first-order chi connectivity index (χ1) is 11.5. The molecule has 0 unspecified atom stereocenters. The van der Waals surface area contributed by atoms with E-state index in [9.17, 15) is 9.90 Å². The minimum atomic E-state index is -0.450. The van der Waals surface area contributed by atoms with Gasteiger partial charge in [-0.1, -0.05) is 37.3 Å². The van der Waals surface area contributed by atoms with Crippen LogP contribution in [-0.4, -0.2) is 40.2 Å². The van der Waals surface area contributed by atoms with E-state index in [1.54, 1.807) is 4.90 Å². The molecule has 0 saturated carbocycles. The number of aryl methyl sites for hydroxylation is 1. The highest BCUT2D eigenvalue weighted by molar-refractivity contribution is 5.90. The van der Waals surface area contributed by atoms with Crippen molar-refractivity contribution in [2.24, 2.45) is 5.92 Å². The van der Waals surface area contributed by atoms with Crippen molar-refractivity contribution in [2.75, 3.05) is 18.4 Å². The van der Waals surface area contributed by atoms with Gasteiger partial charge in [-0.05, 0) is 30.9 Å². The van der Waals surface area contributed by atoms with Crippen LogP contribution < -0.4 is 5.32 Å². The number of piperidine rings is 1. The first-order valence-electron chi connectivity index (χ1n) is 8.29. The molecule has 1 aliphatic heterocycles. The zero-order valence-corrected chi connectivity index (χ0v) is 14.1. The van der Waals surface area contributed by atoms with Gasteiger partial charge >= 0.3 is 6.03 Å². The summed E-state index contributed by atoms with van der Waals surface area (Å²) in [5, 5.41) is 12.8. The normalized spacial score (nSPS) is 20.7. The molecular weight excluding hydrogens is 302 g/mol. The molecule has 1 fully saturated rings. The van der Waals surface area contributed by atoms with Crippen LogP contribution >= 0.6 is 0 Å². The number of rotatable bonds is 2. The predicted molar refractivity (Wildman–Crippen MR) is 94.8 cm³/mol. The van der Waals surface area contributed by atoms with Crippen LogP contribution in [0.1, 0.15) is 19.0 Å². The molecule has 0 radical (unpaired) electrons. The summed E-state index contributed by atoms with van der Waals surface area (Å²) in [4.78, 5) is 18.6. The Hall–Kier alpha value is -2.40. The van der Waals surface area contributed by atoms with Crippen molar-refractivity contribution in [1.82, 2.24) is 9.88 Å². The van der Waals surface area contributed by atoms with Crippen LogP contribution in [0.3, 0.4) is 0 Å². The van der Waals surface area contributed by atoms with Crippen molar-refractivity contribution in [1.29, 1.82) is 0 Å². The standard InChI is InChI=1S/C19H23N3O2/c1-13-8-17(23)12-22(11-13)19(24)21-18-9-16(10-20-14(18)2)15-6-4-3-5-7-15/h3-7,9-10,13,17,23H,8,11-12H2,1-2H3,(H,21,24)/t13-,17+/m1/s1. The van der Waals surface area contributed by atoms with Gasteiger partial charge in [0, 0.05) is 24.8 Å². The van der Waals surface area contributed by atoms with Crippen molar-refractivity contribution in [2.45, 2.75) is 26.4 Å². The van der Waals surface area contributed by atoms with E-state index >= 15 is 0 Å². The monoisotopic (exact) mass is 325 g/mol. The smallest absolute Gasteiger partial charge is 0.321 e. The Bertz CT molecular complexity index is 708. The summed E-state index contributed by atoms with van der Waals surface area (Å²) in [5.41, 5.74) is 3.49. The lowest BCUT2D eigenvalue weighted by atomic mass is 9.98.